The number of ether oxygens (including phenoxy) is 1. The maximum Gasteiger partial charge on any atom is 0.306 e. The van der Waals surface area contributed by atoms with Crippen molar-refractivity contribution in [3.8, 4) is 0 Å². The predicted octanol–water partition coefficient (Wildman–Crippen LogP) is 0.105. The molecule has 90 valence electrons. The van der Waals surface area contributed by atoms with Crippen molar-refractivity contribution in [1.82, 2.24) is 10.2 Å². The first-order chi connectivity index (χ1) is 7.53. The van der Waals surface area contributed by atoms with Gasteiger partial charge < -0.3 is 4.74 Å². The summed E-state index contributed by atoms with van der Waals surface area (Å²) < 4.78 is 29.8. The molecule has 1 heterocycles. The van der Waals surface area contributed by atoms with Crippen LogP contribution in [0.5, 0.6) is 0 Å². The van der Waals surface area contributed by atoms with Crippen LogP contribution in [-0.4, -0.2) is 36.9 Å². The van der Waals surface area contributed by atoms with Crippen molar-refractivity contribution in [3.63, 3.8) is 0 Å². The highest BCUT2D eigenvalue weighted by molar-refractivity contribution is 7.92. The molecule has 8 heteroatoms. The Bertz CT molecular complexity index is 426. The van der Waals surface area contributed by atoms with Gasteiger partial charge in [-0.15, -0.1) is 0 Å². The highest BCUT2D eigenvalue weighted by Gasteiger charge is 2.14. The summed E-state index contributed by atoms with van der Waals surface area (Å²) in [5, 5.41) is 6.06. The van der Waals surface area contributed by atoms with Gasteiger partial charge in [-0.1, -0.05) is 0 Å². The Hall–Kier alpha value is -1.57. The molecular weight excluding hydrogens is 234 g/mol. The molecule has 0 unspecified atom stereocenters. The molecule has 2 N–H and O–H groups in total. The van der Waals surface area contributed by atoms with Crippen molar-refractivity contribution >= 4 is 21.7 Å². The van der Waals surface area contributed by atoms with Crippen LogP contribution in [0, 0.1) is 0 Å². The average Bonchev–Trinajstić information content (AvgIpc) is 2.67. The first-order valence-electron chi connectivity index (χ1n) is 4.68. The van der Waals surface area contributed by atoms with Crippen molar-refractivity contribution in [2.75, 3.05) is 17.1 Å². The van der Waals surface area contributed by atoms with Crippen molar-refractivity contribution in [3.05, 3.63) is 12.4 Å². The Morgan fingerprint density at radius 2 is 2.38 bits per heavy atom. The zero-order valence-corrected chi connectivity index (χ0v) is 9.58. The van der Waals surface area contributed by atoms with Gasteiger partial charge in [0.25, 0.3) is 0 Å². The van der Waals surface area contributed by atoms with Crippen LogP contribution in [0.15, 0.2) is 12.4 Å². The number of aromatic amines is 1. The summed E-state index contributed by atoms with van der Waals surface area (Å²) >= 11 is 0. The third-order valence-corrected chi connectivity index (χ3v) is 2.94. The van der Waals surface area contributed by atoms with E-state index in [9.17, 15) is 13.2 Å². The number of nitrogens with zero attached hydrogens (tertiary/aromatic N) is 1. The van der Waals surface area contributed by atoms with Gasteiger partial charge in [-0.3, -0.25) is 14.6 Å². The van der Waals surface area contributed by atoms with Crippen molar-refractivity contribution in [2.45, 2.75) is 13.3 Å². The van der Waals surface area contributed by atoms with E-state index < -0.39 is 16.0 Å². The minimum absolute atomic E-state index is 0.166. The van der Waals surface area contributed by atoms with E-state index in [4.69, 9.17) is 0 Å². The fourth-order valence-electron chi connectivity index (χ4n) is 0.988. The molecule has 0 atom stereocenters. The Balaban J connectivity index is 2.43. The molecule has 1 aromatic rings. The molecule has 7 nitrogen and oxygen atoms in total. The summed E-state index contributed by atoms with van der Waals surface area (Å²) in [5.74, 6) is -0.836. The summed E-state index contributed by atoms with van der Waals surface area (Å²) in [4.78, 5) is 11.0. The van der Waals surface area contributed by atoms with Gasteiger partial charge in [-0.25, -0.2) is 8.42 Å². The molecule has 0 aliphatic heterocycles. The summed E-state index contributed by atoms with van der Waals surface area (Å²) in [6, 6.07) is 0. The van der Waals surface area contributed by atoms with E-state index in [2.05, 4.69) is 19.7 Å². The summed E-state index contributed by atoms with van der Waals surface area (Å²) in [7, 11) is -3.53. The lowest BCUT2D eigenvalue weighted by molar-refractivity contribution is -0.142. The van der Waals surface area contributed by atoms with Gasteiger partial charge in [0, 0.05) is 6.20 Å². The maximum atomic E-state index is 11.4. The number of rotatable bonds is 6. The number of H-pyrrole nitrogens is 1. The average molecular weight is 247 g/mol. The number of hydrogen-bond acceptors (Lipinski definition) is 5. The predicted molar refractivity (Wildman–Crippen MR) is 57.2 cm³/mol. The van der Waals surface area contributed by atoms with Crippen LogP contribution in [0.4, 0.5) is 5.69 Å². The van der Waals surface area contributed by atoms with E-state index in [0.717, 1.165) is 0 Å². The third-order valence-electron chi connectivity index (χ3n) is 1.65. The van der Waals surface area contributed by atoms with Crippen LogP contribution in [-0.2, 0) is 19.6 Å². The Labute approximate surface area is 93.2 Å². The van der Waals surface area contributed by atoms with E-state index in [1.807, 2.05) is 0 Å². The van der Waals surface area contributed by atoms with Gasteiger partial charge >= 0.3 is 5.97 Å². The SMILES string of the molecule is CCOC(=O)CCS(=O)(=O)Nc1cn[nH]c1. The largest absolute Gasteiger partial charge is 0.466 e. The van der Waals surface area contributed by atoms with E-state index in [-0.39, 0.29) is 18.8 Å². The number of carbonyl (C=O) groups excluding carboxylic acids is 1. The minimum Gasteiger partial charge on any atom is -0.466 e. The Morgan fingerprint density at radius 1 is 1.62 bits per heavy atom. The van der Waals surface area contributed by atoms with Gasteiger partial charge in [0.2, 0.25) is 10.0 Å². The van der Waals surface area contributed by atoms with E-state index in [1.165, 1.54) is 12.4 Å². The van der Waals surface area contributed by atoms with Gasteiger partial charge in [0.1, 0.15) is 0 Å². The number of sulfonamides is 1. The van der Waals surface area contributed by atoms with Crippen molar-refractivity contribution in [1.29, 1.82) is 0 Å². The van der Waals surface area contributed by atoms with Crippen molar-refractivity contribution in [2.24, 2.45) is 0 Å². The highest BCUT2D eigenvalue weighted by atomic mass is 32.2. The second-order valence-corrected chi connectivity index (χ2v) is 4.80. The summed E-state index contributed by atoms with van der Waals surface area (Å²) in [6.45, 7) is 1.91. The van der Waals surface area contributed by atoms with Crippen molar-refractivity contribution < 1.29 is 17.9 Å². The number of carbonyl (C=O) groups is 1. The van der Waals surface area contributed by atoms with E-state index in [1.54, 1.807) is 6.92 Å². The lowest BCUT2D eigenvalue weighted by Gasteiger charge is -2.05. The zero-order chi connectivity index (χ0) is 12.0. The highest BCUT2D eigenvalue weighted by Crippen LogP contribution is 2.06. The molecule has 0 aromatic carbocycles. The second-order valence-electron chi connectivity index (χ2n) is 2.96. The number of aromatic nitrogens is 2. The molecule has 0 saturated carbocycles. The normalized spacial score (nSPS) is 11.1. The molecule has 1 aromatic heterocycles. The lowest BCUT2D eigenvalue weighted by atomic mass is 10.5. The molecular formula is C8H13N3O4S. The van der Waals surface area contributed by atoms with Gasteiger partial charge in [-0.2, -0.15) is 5.10 Å². The third kappa shape index (κ3) is 4.30. The fraction of sp³-hybridized carbons (Fsp3) is 0.500. The number of esters is 1. The molecule has 0 spiro atoms. The molecule has 0 radical (unpaired) electrons. The van der Waals surface area contributed by atoms with Crippen LogP contribution in [0.3, 0.4) is 0 Å². The molecule has 0 amide bonds. The quantitative estimate of drug-likeness (QED) is 0.694. The molecule has 0 aliphatic rings. The molecule has 0 saturated heterocycles. The van der Waals surface area contributed by atoms with Gasteiger partial charge in [0.05, 0.1) is 30.7 Å². The van der Waals surface area contributed by atoms with Crippen LogP contribution in [0.25, 0.3) is 0 Å². The number of anilines is 1. The standard InChI is InChI=1S/C8H13N3O4S/c1-2-15-8(12)3-4-16(13,14)11-7-5-9-10-6-7/h5-6,11H,2-4H2,1H3,(H,9,10). The summed E-state index contributed by atoms with van der Waals surface area (Å²) in [6.07, 6.45) is 2.57. The second kappa shape index (κ2) is 5.50. The van der Waals surface area contributed by atoms with E-state index in [0.29, 0.717) is 5.69 Å². The first kappa shape index (κ1) is 12.5. The number of nitrogens with one attached hydrogen (secondary N) is 2. The smallest absolute Gasteiger partial charge is 0.306 e. The molecule has 0 fully saturated rings. The molecule has 16 heavy (non-hydrogen) atoms. The van der Waals surface area contributed by atoms with Crippen LogP contribution in [0.2, 0.25) is 0 Å². The first-order valence-corrected chi connectivity index (χ1v) is 6.33. The van der Waals surface area contributed by atoms with Crippen LogP contribution >= 0.6 is 0 Å². The fourth-order valence-corrected chi connectivity index (χ4v) is 2.00. The van der Waals surface area contributed by atoms with Gasteiger partial charge in [0.15, 0.2) is 0 Å². The molecule has 0 bridgehead atoms. The zero-order valence-electron chi connectivity index (χ0n) is 8.76. The summed E-state index contributed by atoms with van der Waals surface area (Å²) in [5.41, 5.74) is 0.337. The van der Waals surface area contributed by atoms with Crippen LogP contribution in [0.1, 0.15) is 13.3 Å². The van der Waals surface area contributed by atoms with Crippen LogP contribution < -0.4 is 4.72 Å². The monoisotopic (exact) mass is 247 g/mol. The lowest BCUT2D eigenvalue weighted by Crippen LogP contribution is -2.19. The molecule has 0 aliphatic carbocycles. The maximum absolute atomic E-state index is 11.4. The molecule has 1 rings (SSSR count). The van der Waals surface area contributed by atoms with Gasteiger partial charge in [-0.05, 0) is 6.92 Å². The van der Waals surface area contributed by atoms with E-state index >= 15 is 0 Å². The Morgan fingerprint density at radius 3 is 2.94 bits per heavy atom. The Kier molecular flexibility index (Phi) is 4.29. The number of hydrogen-bond donors (Lipinski definition) is 2. The minimum atomic E-state index is -3.53. The topological polar surface area (TPSA) is 101 Å².